The van der Waals surface area contributed by atoms with Crippen molar-refractivity contribution in [2.75, 3.05) is 25.5 Å². The fourth-order valence-electron chi connectivity index (χ4n) is 2.32. The summed E-state index contributed by atoms with van der Waals surface area (Å²) in [5.41, 5.74) is 2.61. The van der Waals surface area contributed by atoms with Crippen molar-refractivity contribution < 1.29 is 23.5 Å². The maximum Gasteiger partial charge on any atom is 0.331 e. The maximum absolute atomic E-state index is 12.2. The van der Waals surface area contributed by atoms with Gasteiger partial charge in [-0.15, -0.1) is 0 Å². The molecular weight excluding hydrogens is 348 g/mol. The lowest BCUT2D eigenvalue weighted by atomic mass is 10.1. The predicted octanol–water partition coefficient (Wildman–Crippen LogP) is 2.55. The van der Waals surface area contributed by atoms with Crippen LogP contribution in [0, 0.1) is 13.8 Å². The fourth-order valence-corrected chi connectivity index (χ4v) is 2.32. The van der Waals surface area contributed by atoms with Crippen molar-refractivity contribution in [1.82, 2.24) is 4.90 Å². The number of esters is 1. The molecule has 7 nitrogen and oxygen atoms in total. The van der Waals surface area contributed by atoms with E-state index in [4.69, 9.17) is 9.15 Å². The van der Waals surface area contributed by atoms with E-state index >= 15 is 0 Å². The second-order valence-electron chi connectivity index (χ2n) is 6.02. The van der Waals surface area contributed by atoms with Crippen molar-refractivity contribution in [2.24, 2.45) is 0 Å². The summed E-state index contributed by atoms with van der Waals surface area (Å²) < 4.78 is 9.91. The van der Waals surface area contributed by atoms with Gasteiger partial charge in [0.2, 0.25) is 5.91 Å². The van der Waals surface area contributed by atoms with Crippen molar-refractivity contribution in [3.63, 3.8) is 0 Å². The first-order valence-electron chi connectivity index (χ1n) is 8.35. The first kappa shape index (κ1) is 20.0. The molecule has 0 aliphatic rings. The molecule has 0 aliphatic heterocycles. The van der Waals surface area contributed by atoms with Crippen LogP contribution in [0.25, 0.3) is 6.08 Å². The van der Waals surface area contributed by atoms with Crippen LogP contribution in [0.3, 0.4) is 0 Å². The molecule has 0 unspecified atom stereocenters. The summed E-state index contributed by atoms with van der Waals surface area (Å²) in [5, 5.41) is 2.80. The standard InChI is InChI=1S/C20H22N2O5/c1-14-6-4-7-15(2)20(14)21-17(23)12-22(3)18(24)13-27-19(25)10-9-16-8-5-11-26-16/h4-11H,12-13H2,1-3H3,(H,21,23)/b10-9+. The molecule has 0 atom stereocenters. The monoisotopic (exact) mass is 370 g/mol. The van der Waals surface area contributed by atoms with Gasteiger partial charge in [-0.1, -0.05) is 18.2 Å². The van der Waals surface area contributed by atoms with E-state index in [1.165, 1.54) is 30.4 Å². The number of hydrogen-bond acceptors (Lipinski definition) is 5. The molecule has 0 saturated carbocycles. The molecule has 27 heavy (non-hydrogen) atoms. The van der Waals surface area contributed by atoms with Gasteiger partial charge in [-0.05, 0) is 43.2 Å². The number of carbonyl (C=O) groups is 3. The molecule has 1 heterocycles. The van der Waals surface area contributed by atoms with Gasteiger partial charge in [0.05, 0.1) is 12.8 Å². The molecule has 142 valence electrons. The predicted molar refractivity (Wildman–Crippen MR) is 101 cm³/mol. The first-order chi connectivity index (χ1) is 12.9. The van der Waals surface area contributed by atoms with Gasteiger partial charge in [-0.3, -0.25) is 9.59 Å². The highest BCUT2D eigenvalue weighted by atomic mass is 16.5. The van der Waals surface area contributed by atoms with Crippen molar-refractivity contribution in [1.29, 1.82) is 0 Å². The summed E-state index contributed by atoms with van der Waals surface area (Å²) in [7, 11) is 1.47. The Hall–Kier alpha value is -3.35. The quantitative estimate of drug-likeness (QED) is 0.598. The number of aryl methyl sites for hydroxylation is 2. The summed E-state index contributed by atoms with van der Waals surface area (Å²) in [4.78, 5) is 37.0. The van der Waals surface area contributed by atoms with Crippen LogP contribution in [0.4, 0.5) is 5.69 Å². The number of nitrogens with zero attached hydrogens (tertiary/aromatic N) is 1. The number of benzene rings is 1. The molecule has 7 heteroatoms. The Bertz CT molecular complexity index is 820. The second-order valence-corrected chi connectivity index (χ2v) is 6.02. The van der Waals surface area contributed by atoms with E-state index in [0.717, 1.165) is 16.8 Å². The van der Waals surface area contributed by atoms with E-state index in [0.29, 0.717) is 5.76 Å². The molecule has 2 amide bonds. The zero-order chi connectivity index (χ0) is 19.8. The average molecular weight is 370 g/mol. The van der Waals surface area contributed by atoms with Crippen LogP contribution in [-0.2, 0) is 19.1 Å². The third-order valence-electron chi connectivity index (χ3n) is 3.82. The number of carbonyl (C=O) groups excluding carboxylic acids is 3. The molecule has 2 aromatic rings. The Morgan fingerprint density at radius 1 is 1.15 bits per heavy atom. The number of hydrogen-bond donors (Lipinski definition) is 1. The summed E-state index contributed by atoms with van der Waals surface area (Å²) >= 11 is 0. The van der Waals surface area contributed by atoms with Crippen LogP contribution in [0.2, 0.25) is 0 Å². The van der Waals surface area contributed by atoms with Crippen LogP contribution < -0.4 is 5.32 Å². The highest BCUT2D eigenvalue weighted by molar-refractivity contribution is 5.96. The minimum absolute atomic E-state index is 0.146. The van der Waals surface area contributed by atoms with E-state index in [1.54, 1.807) is 12.1 Å². The first-order valence-corrected chi connectivity index (χ1v) is 8.35. The Labute approximate surface area is 157 Å². The van der Waals surface area contributed by atoms with E-state index in [-0.39, 0.29) is 12.5 Å². The van der Waals surface area contributed by atoms with E-state index in [1.807, 2.05) is 32.0 Å². The Kier molecular flexibility index (Phi) is 6.93. The van der Waals surface area contributed by atoms with Gasteiger partial charge in [0.25, 0.3) is 5.91 Å². The van der Waals surface area contributed by atoms with E-state index in [2.05, 4.69) is 5.32 Å². The lowest BCUT2D eigenvalue weighted by molar-refractivity contribution is -0.148. The molecule has 0 bridgehead atoms. The van der Waals surface area contributed by atoms with Gasteiger partial charge in [0.1, 0.15) is 5.76 Å². The third kappa shape index (κ3) is 6.14. The molecule has 0 radical (unpaired) electrons. The lowest BCUT2D eigenvalue weighted by Crippen LogP contribution is -2.37. The number of nitrogens with one attached hydrogen (secondary N) is 1. The fraction of sp³-hybridized carbons (Fsp3) is 0.250. The molecular formula is C20H22N2O5. The van der Waals surface area contributed by atoms with E-state index < -0.39 is 18.5 Å². The van der Waals surface area contributed by atoms with Gasteiger partial charge in [0, 0.05) is 18.8 Å². The highest BCUT2D eigenvalue weighted by Gasteiger charge is 2.15. The smallest absolute Gasteiger partial charge is 0.331 e. The van der Waals surface area contributed by atoms with Gasteiger partial charge in [-0.25, -0.2) is 4.79 Å². The zero-order valence-electron chi connectivity index (χ0n) is 15.5. The van der Waals surface area contributed by atoms with Gasteiger partial charge in [-0.2, -0.15) is 0 Å². The zero-order valence-corrected chi connectivity index (χ0v) is 15.5. The third-order valence-corrected chi connectivity index (χ3v) is 3.82. The average Bonchev–Trinajstić information content (AvgIpc) is 3.14. The number of amides is 2. The van der Waals surface area contributed by atoms with Gasteiger partial charge in [0.15, 0.2) is 6.61 Å². The molecule has 1 aromatic carbocycles. The molecule has 1 N–H and O–H groups in total. The van der Waals surface area contributed by atoms with Crippen LogP contribution >= 0.6 is 0 Å². The van der Waals surface area contributed by atoms with Crippen molar-refractivity contribution in [2.45, 2.75) is 13.8 Å². The summed E-state index contributed by atoms with van der Waals surface area (Å²) in [6.07, 6.45) is 4.08. The van der Waals surface area contributed by atoms with Crippen LogP contribution in [-0.4, -0.2) is 42.9 Å². The number of anilines is 1. The van der Waals surface area contributed by atoms with Crippen molar-refractivity contribution >= 4 is 29.5 Å². The Morgan fingerprint density at radius 3 is 2.48 bits per heavy atom. The summed E-state index contributed by atoms with van der Waals surface area (Å²) in [6.45, 7) is 3.20. The van der Waals surface area contributed by atoms with Crippen molar-refractivity contribution in [3.8, 4) is 0 Å². The topological polar surface area (TPSA) is 88.9 Å². The molecule has 0 fully saturated rings. The molecule has 0 aliphatic carbocycles. The lowest BCUT2D eigenvalue weighted by Gasteiger charge is -2.18. The van der Waals surface area contributed by atoms with Gasteiger partial charge >= 0.3 is 5.97 Å². The minimum Gasteiger partial charge on any atom is -0.465 e. The minimum atomic E-state index is -0.673. The van der Waals surface area contributed by atoms with Crippen LogP contribution in [0.5, 0.6) is 0 Å². The number of para-hydroxylation sites is 1. The molecule has 2 rings (SSSR count). The van der Waals surface area contributed by atoms with E-state index in [9.17, 15) is 14.4 Å². The highest BCUT2D eigenvalue weighted by Crippen LogP contribution is 2.19. The summed E-state index contributed by atoms with van der Waals surface area (Å²) in [5.74, 6) is -0.981. The number of furan rings is 1. The number of likely N-dealkylation sites (N-methyl/N-ethyl adjacent to an activating group) is 1. The van der Waals surface area contributed by atoms with Crippen LogP contribution in [0.1, 0.15) is 16.9 Å². The molecule has 1 aromatic heterocycles. The van der Waals surface area contributed by atoms with Crippen LogP contribution in [0.15, 0.2) is 47.1 Å². The van der Waals surface area contributed by atoms with Crippen molar-refractivity contribution in [3.05, 3.63) is 59.6 Å². The number of rotatable bonds is 7. The second kappa shape index (κ2) is 9.38. The molecule has 0 saturated heterocycles. The Balaban J connectivity index is 1.79. The molecule has 0 spiro atoms. The number of ether oxygens (including phenoxy) is 1. The maximum atomic E-state index is 12.2. The Morgan fingerprint density at radius 2 is 1.85 bits per heavy atom. The SMILES string of the molecule is Cc1cccc(C)c1NC(=O)CN(C)C(=O)COC(=O)/C=C/c1ccco1. The normalized spacial score (nSPS) is 10.6. The summed E-state index contributed by atoms with van der Waals surface area (Å²) in [6, 6.07) is 9.06. The largest absolute Gasteiger partial charge is 0.465 e. The van der Waals surface area contributed by atoms with Gasteiger partial charge < -0.3 is 19.4 Å².